The molecule has 0 fully saturated rings. The van der Waals surface area contributed by atoms with E-state index in [0.717, 1.165) is 12.1 Å². The van der Waals surface area contributed by atoms with Crippen LogP contribution in [0.3, 0.4) is 0 Å². The summed E-state index contributed by atoms with van der Waals surface area (Å²) in [5, 5.41) is 14.4. The monoisotopic (exact) mass is 390 g/mol. The maximum atomic E-state index is 13.8. The Bertz CT molecular complexity index is 1090. The summed E-state index contributed by atoms with van der Waals surface area (Å²) in [6, 6.07) is 6.70. The van der Waals surface area contributed by atoms with E-state index >= 15 is 0 Å². The Hall–Kier alpha value is -3.63. The molecule has 0 saturated carbocycles. The van der Waals surface area contributed by atoms with Crippen LogP contribution in [0.4, 0.5) is 17.6 Å². The van der Waals surface area contributed by atoms with Crippen molar-refractivity contribution >= 4 is 0 Å². The zero-order valence-electron chi connectivity index (χ0n) is 13.9. The summed E-state index contributed by atoms with van der Waals surface area (Å²) in [5.74, 6) is -2.32. The highest BCUT2D eigenvalue weighted by atomic mass is 19.3. The third kappa shape index (κ3) is 3.46. The molecular weight excluding hydrogens is 380 g/mol. The summed E-state index contributed by atoms with van der Waals surface area (Å²) in [7, 11) is 0. The summed E-state index contributed by atoms with van der Waals surface area (Å²) in [4.78, 5) is 4.17. The molecule has 0 radical (unpaired) electrons. The van der Waals surface area contributed by atoms with Gasteiger partial charge in [0.05, 0.1) is 29.6 Å². The first-order chi connectivity index (χ1) is 13.5. The van der Waals surface area contributed by atoms with E-state index in [1.807, 2.05) is 0 Å². The molecule has 3 aromatic heterocycles. The molecule has 0 amide bonds. The Kier molecular flexibility index (Phi) is 4.55. The van der Waals surface area contributed by atoms with Gasteiger partial charge in [-0.1, -0.05) is 11.3 Å². The molecule has 4 aromatic rings. The fourth-order valence-electron chi connectivity index (χ4n) is 2.48. The van der Waals surface area contributed by atoms with E-state index in [1.54, 1.807) is 12.1 Å². The average Bonchev–Trinajstić information content (AvgIpc) is 3.32. The number of alkyl halides is 2. The molecule has 0 spiro atoms. The molecule has 0 N–H and O–H groups in total. The van der Waals surface area contributed by atoms with E-state index in [-0.39, 0.29) is 23.7 Å². The van der Waals surface area contributed by atoms with Crippen molar-refractivity contribution in [3.8, 4) is 22.7 Å². The van der Waals surface area contributed by atoms with Crippen LogP contribution in [0.2, 0.25) is 0 Å². The first-order valence-electron chi connectivity index (χ1n) is 7.92. The lowest BCUT2D eigenvalue weighted by Gasteiger charge is -2.01. The molecule has 0 saturated heterocycles. The molecule has 7 nitrogen and oxygen atoms in total. The number of pyridine rings is 1. The Morgan fingerprint density at radius 3 is 2.43 bits per heavy atom. The van der Waals surface area contributed by atoms with E-state index in [4.69, 9.17) is 4.42 Å². The number of rotatable bonds is 5. The fraction of sp³-hybridized carbons (Fsp3) is 0.118. The van der Waals surface area contributed by atoms with Crippen LogP contribution in [0.15, 0.2) is 47.1 Å². The molecule has 142 valence electrons. The van der Waals surface area contributed by atoms with Crippen LogP contribution in [0.1, 0.15) is 18.0 Å². The molecule has 0 aliphatic carbocycles. The molecule has 28 heavy (non-hydrogen) atoms. The predicted octanol–water partition coefficient (Wildman–Crippen LogP) is 3.65. The minimum Gasteiger partial charge on any atom is -0.415 e. The lowest BCUT2D eigenvalue weighted by Crippen LogP contribution is -2.02. The molecular formula is C17H10F4N6O. The molecule has 0 bridgehead atoms. The highest BCUT2D eigenvalue weighted by Crippen LogP contribution is 2.24. The number of hydrogen-bond acceptors (Lipinski definition) is 6. The summed E-state index contributed by atoms with van der Waals surface area (Å²) >= 11 is 0. The van der Waals surface area contributed by atoms with Crippen LogP contribution in [-0.4, -0.2) is 30.2 Å². The SMILES string of the molecule is Fc1cccc(F)c1-c1cn(Cc2ccc(-c3nnc(C(F)F)o3)cn2)nn1. The van der Waals surface area contributed by atoms with E-state index in [9.17, 15) is 17.6 Å². The van der Waals surface area contributed by atoms with Gasteiger partial charge in [-0.2, -0.15) is 8.78 Å². The van der Waals surface area contributed by atoms with Gasteiger partial charge in [0.25, 0.3) is 5.89 Å². The van der Waals surface area contributed by atoms with Gasteiger partial charge in [0, 0.05) is 6.20 Å². The Morgan fingerprint density at radius 2 is 1.79 bits per heavy atom. The largest absolute Gasteiger partial charge is 0.415 e. The minimum absolute atomic E-state index is 0.0533. The van der Waals surface area contributed by atoms with Gasteiger partial charge in [-0.3, -0.25) is 4.98 Å². The third-order valence-electron chi connectivity index (χ3n) is 3.78. The minimum atomic E-state index is -2.85. The molecule has 1 aromatic carbocycles. The van der Waals surface area contributed by atoms with Crippen molar-refractivity contribution in [3.05, 3.63) is 65.9 Å². The van der Waals surface area contributed by atoms with E-state index < -0.39 is 24.0 Å². The van der Waals surface area contributed by atoms with E-state index in [1.165, 1.54) is 23.1 Å². The first kappa shape index (κ1) is 17.8. The van der Waals surface area contributed by atoms with Gasteiger partial charge in [0.15, 0.2) is 0 Å². The van der Waals surface area contributed by atoms with Gasteiger partial charge in [-0.25, -0.2) is 13.5 Å². The number of hydrogen-bond donors (Lipinski definition) is 0. The zero-order valence-corrected chi connectivity index (χ0v) is 13.9. The topological polar surface area (TPSA) is 82.5 Å². The lowest BCUT2D eigenvalue weighted by atomic mass is 10.1. The van der Waals surface area contributed by atoms with Crippen molar-refractivity contribution in [2.24, 2.45) is 0 Å². The van der Waals surface area contributed by atoms with Gasteiger partial charge in [0.1, 0.15) is 17.3 Å². The van der Waals surface area contributed by atoms with Crippen molar-refractivity contribution in [1.29, 1.82) is 0 Å². The second-order valence-corrected chi connectivity index (χ2v) is 5.68. The summed E-state index contributed by atoms with van der Waals surface area (Å²) < 4.78 is 58.9. The van der Waals surface area contributed by atoms with Gasteiger partial charge in [-0.15, -0.1) is 15.3 Å². The van der Waals surface area contributed by atoms with Crippen molar-refractivity contribution in [1.82, 2.24) is 30.2 Å². The van der Waals surface area contributed by atoms with E-state index in [0.29, 0.717) is 11.3 Å². The lowest BCUT2D eigenvalue weighted by molar-refractivity contribution is 0.116. The summed E-state index contributed by atoms with van der Waals surface area (Å²) in [5.41, 5.74) is 0.708. The molecule has 0 aliphatic rings. The van der Waals surface area contributed by atoms with Gasteiger partial charge in [0.2, 0.25) is 5.89 Å². The van der Waals surface area contributed by atoms with E-state index in [2.05, 4.69) is 25.5 Å². The third-order valence-corrected chi connectivity index (χ3v) is 3.78. The van der Waals surface area contributed by atoms with Crippen LogP contribution in [0.25, 0.3) is 22.7 Å². The van der Waals surface area contributed by atoms with Crippen molar-refractivity contribution in [3.63, 3.8) is 0 Å². The second-order valence-electron chi connectivity index (χ2n) is 5.68. The fourth-order valence-corrected chi connectivity index (χ4v) is 2.48. The molecule has 11 heteroatoms. The standard InChI is InChI=1S/C17H10F4N6O/c18-11-2-1-3-12(19)14(11)13-8-27(26-23-13)7-10-5-4-9(6-22-10)16-24-25-17(28-16)15(20)21/h1-6,8,15H,7H2. The maximum absolute atomic E-state index is 13.8. The summed E-state index contributed by atoms with van der Waals surface area (Å²) in [6.45, 7) is 0.176. The molecule has 4 rings (SSSR count). The second kappa shape index (κ2) is 7.18. The summed E-state index contributed by atoms with van der Waals surface area (Å²) in [6.07, 6.45) is -0.0782. The number of halogens is 4. The van der Waals surface area contributed by atoms with Crippen LogP contribution in [-0.2, 0) is 6.54 Å². The van der Waals surface area contributed by atoms with Crippen LogP contribution in [0.5, 0.6) is 0 Å². The van der Waals surface area contributed by atoms with Crippen molar-refractivity contribution < 1.29 is 22.0 Å². The average molecular weight is 390 g/mol. The highest BCUT2D eigenvalue weighted by molar-refractivity contribution is 5.59. The quantitative estimate of drug-likeness (QED) is 0.484. The van der Waals surface area contributed by atoms with Gasteiger partial charge < -0.3 is 4.42 Å². The predicted molar refractivity (Wildman–Crippen MR) is 87.0 cm³/mol. The molecule has 0 aliphatic heterocycles. The number of nitrogens with zero attached hydrogens (tertiary/aromatic N) is 6. The number of aromatic nitrogens is 6. The normalized spacial score (nSPS) is 11.3. The molecule has 3 heterocycles. The van der Waals surface area contributed by atoms with Gasteiger partial charge in [-0.05, 0) is 24.3 Å². The van der Waals surface area contributed by atoms with Crippen molar-refractivity contribution in [2.45, 2.75) is 13.0 Å². The smallest absolute Gasteiger partial charge is 0.314 e. The van der Waals surface area contributed by atoms with Crippen molar-refractivity contribution in [2.75, 3.05) is 0 Å². The highest BCUT2D eigenvalue weighted by Gasteiger charge is 2.17. The first-order valence-corrected chi connectivity index (χ1v) is 7.92. The maximum Gasteiger partial charge on any atom is 0.314 e. The van der Waals surface area contributed by atoms with Crippen LogP contribution < -0.4 is 0 Å². The Morgan fingerprint density at radius 1 is 1.00 bits per heavy atom. The van der Waals surface area contributed by atoms with Crippen LogP contribution >= 0.6 is 0 Å². The Balaban J connectivity index is 1.51. The molecule has 0 atom stereocenters. The molecule has 0 unspecified atom stereocenters. The van der Waals surface area contributed by atoms with Gasteiger partial charge >= 0.3 is 6.43 Å². The number of benzene rings is 1. The Labute approximate surface area is 154 Å². The zero-order chi connectivity index (χ0) is 19.7. The van der Waals surface area contributed by atoms with Crippen LogP contribution in [0, 0.1) is 11.6 Å².